The quantitative estimate of drug-likeness (QED) is 0.926. The summed E-state index contributed by atoms with van der Waals surface area (Å²) >= 11 is 6.24. The van der Waals surface area contributed by atoms with Crippen molar-refractivity contribution in [2.45, 2.75) is 40.3 Å². The van der Waals surface area contributed by atoms with E-state index < -0.39 is 0 Å². The summed E-state index contributed by atoms with van der Waals surface area (Å²) in [7, 11) is 0. The van der Waals surface area contributed by atoms with Crippen LogP contribution in [-0.4, -0.2) is 9.78 Å². The Morgan fingerprint density at radius 3 is 2.63 bits per heavy atom. The third-order valence-electron chi connectivity index (χ3n) is 3.38. The Bertz CT molecular complexity index is 587. The number of nitrogens with zero attached hydrogens (tertiary/aromatic N) is 2. The summed E-state index contributed by atoms with van der Waals surface area (Å²) in [5, 5.41) is 5.32. The van der Waals surface area contributed by atoms with E-state index in [9.17, 15) is 0 Å². The molecule has 3 nitrogen and oxygen atoms in total. The van der Waals surface area contributed by atoms with E-state index in [1.54, 1.807) is 0 Å². The molecule has 1 aromatic heterocycles. The van der Waals surface area contributed by atoms with Gasteiger partial charge in [0.1, 0.15) is 0 Å². The second-order valence-electron chi connectivity index (χ2n) is 4.78. The number of aromatic nitrogens is 2. The fourth-order valence-corrected chi connectivity index (χ4v) is 2.67. The van der Waals surface area contributed by atoms with Gasteiger partial charge in [0.25, 0.3) is 0 Å². The van der Waals surface area contributed by atoms with Crippen molar-refractivity contribution in [3.05, 3.63) is 40.2 Å². The SMILES string of the molecule is CCCn1nc(C)c(-c2ccc(CN)c(Cl)c2)c1C. The smallest absolute Gasteiger partial charge is 0.0674 e. The molecular formula is C15H20ClN3. The fourth-order valence-electron chi connectivity index (χ4n) is 2.41. The Morgan fingerprint density at radius 1 is 1.32 bits per heavy atom. The first-order valence-corrected chi connectivity index (χ1v) is 6.99. The van der Waals surface area contributed by atoms with E-state index in [1.807, 2.05) is 19.1 Å². The molecule has 2 rings (SSSR count). The van der Waals surface area contributed by atoms with Gasteiger partial charge in [0.05, 0.1) is 5.69 Å². The summed E-state index contributed by atoms with van der Waals surface area (Å²) < 4.78 is 2.06. The van der Waals surface area contributed by atoms with Crippen LogP contribution >= 0.6 is 11.6 Å². The number of nitrogens with two attached hydrogens (primary N) is 1. The fraction of sp³-hybridized carbons (Fsp3) is 0.400. The van der Waals surface area contributed by atoms with Crippen LogP contribution in [0, 0.1) is 13.8 Å². The Balaban J connectivity index is 2.49. The third kappa shape index (κ3) is 2.67. The highest BCUT2D eigenvalue weighted by molar-refractivity contribution is 6.31. The van der Waals surface area contributed by atoms with E-state index in [0.717, 1.165) is 34.8 Å². The summed E-state index contributed by atoms with van der Waals surface area (Å²) in [5.41, 5.74) is 11.1. The van der Waals surface area contributed by atoms with Gasteiger partial charge in [-0.2, -0.15) is 5.10 Å². The van der Waals surface area contributed by atoms with Crippen molar-refractivity contribution in [2.24, 2.45) is 5.73 Å². The molecule has 0 unspecified atom stereocenters. The van der Waals surface area contributed by atoms with Crippen LogP contribution in [0.1, 0.15) is 30.3 Å². The zero-order valence-corrected chi connectivity index (χ0v) is 12.5. The number of rotatable bonds is 4. The molecule has 0 aliphatic heterocycles. The molecule has 1 aromatic carbocycles. The second kappa shape index (κ2) is 5.76. The number of halogens is 1. The van der Waals surface area contributed by atoms with Gasteiger partial charge in [0.2, 0.25) is 0 Å². The van der Waals surface area contributed by atoms with Crippen LogP contribution in [0.2, 0.25) is 5.02 Å². The topological polar surface area (TPSA) is 43.8 Å². The average molecular weight is 278 g/mol. The van der Waals surface area contributed by atoms with Crippen molar-refractivity contribution in [1.29, 1.82) is 0 Å². The van der Waals surface area contributed by atoms with Gasteiger partial charge in [-0.05, 0) is 37.5 Å². The Kier molecular flexibility index (Phi) is 4.27. The lowest BCUT2D eigenvalue weighted by Crippen LogP contribution is -2.01. The lowest BCUT2D eigenvalue weighted by Gasteiger charge is -2.07. The summed E-state index contributed by atoms with van der Waals surface area (Å²) in [6.45, 7) is 7.71. The molecule has 2 aromatic rings. The molecule has 0 saturated heterocycles. The van der Waals surface area contributed by atoms with Crippen molar-refractivity contribution in [1.82, 2.24) is 9.78 Å². The summed E-state index contributed by atoms with van der Waals surface area (Å²) in [6.07, 6.45) is 1.08. The van der Waals surface area contributed by atoms with E-state index in [4.69, 9.17) is 17.3 Å². The second-order valence-corrected chi connectivity index (χ2v) is 5.19. The van der Waals surface area contributed by atoms with E-state index in [-0.39, 0.29) is 0 Å². The molecule has 0 spiro atoms. The average Bonchev–Trinajstić information content (AvgIpc) is 2.65. The van der Waals surface area contributed by atoms with Gasteiger partial charge in [-0.15, -0.1) is 0 Å². The van der Waals surface area contributed by atoms with Gasteiger partial charge < -0.3 is 5.73 Å². The molecule has 4 heteroatoms. The zero-order chi connectivity index (χ0) is 14.0. The highest BCUT2D eigenvalue weighted by Gasteiger charge is 2.14. The molecule has 0 aliphatic carbocycles. The summed E-state index contributed by atoms with van der Waals surface area (Å²) in [4.78, 5) is 0. The minimum absolute atomic E-state index is 0.464. The molecule has 0 fully saturated rings. The molecule has 19 heavy (non-hydrogen) atoms. The van der Waals surface area contributed by atoms with Gasteiger partial charge in [0, 0.05) is 29.4 Å². The van der Waals surface area contributed by atoms with E-state index >= 15 is 0 Å². The monoisotopic (exact) mass is 277 g/mol. The standard InChI is InChI=1S/C15H20ClN3/c1-4-7-19-11(3)15(10(2)18-19)12-5-6-13(9-17)14(16)8-12/h5-6,8H,4,7,9,17H2,1-3H3. The van der Waals surface area contributed by atoms with Crippen LogP contribution in [-0.2, 0) is 13.1 Å². The number of hydrogen-bond acceptors (Lipinski definition) is 2. The van der Waals surface area contributed by atoms with Gasteiger partial charge >= 0.3 is 0 Å². The molecule has 0 saturated carbocycles. The highest BCUT2D eigenvalue weighted by Crippen LogP contribution is 2.30. The zero-order valence-electron chi connectivity index (χ0n) is 11.7. The van der Waals surface area contributed by atoms with Crippen molar-refractivity contribution >= 4 is 11.6 Å². The van der Waals surface area contributed by atoms with Gasteiger partial charge in [-0.25, -0.2) is 0 Å². The molecule has 0 bridgehead atoms. The largest absolute Gasteiger partial charge is 0.326 e. The van der Waals surface area contributed by atoms with Crippen molar-refractivity contribution in [3.8, 4) is 11.1 Å². The molecule has 0 radical (unpaired) electrons. The minimum atomic E-state index is 0.464. The maximum atomic E-state index is 6.24. The van der Waals surface area contributed by atoms with E-state index in [2.05, 4.69) is 29.7 Å². The third-order valence-corrected chi connectivity index (χ3v) is 3.73. The maximum absolute atomic E-state index is 6.24. The lowest BCUT2D eigenvalue weighted by molar-refractivity contribution is 0.583. The molecule has 1 heterocycles. The molecule has 2 N–H and O–H groups in total. The highest BCUT2D eigenvalue weighted by atomic mass is 35.5. The minimum Gasteiger partial charge on any atom is -0.326 e. The Labute approximate surface area is 119 Å². The summed E-state index contributed by atoms with van der Waals surface area (Å²) in [6, 6.07) is 6.05. The van der Waals surface area contributed by atoms with Gasteiger partial charge in [-0.3, -0.25) is 4.68 Å². The van der Waals surface area contributed by atoms with Crippen LogP contribution in [0.3, 0.4) is 0 Å². The van der Waals surface area contributed by atoms with E-state index in [1.165, 1.54) is 11.3 Å². The predicted molar refractivity (Wildman–Crippen MR) is 80.3 cm³/mol. The number of hydrogen-bond donors (Lipinski definition) is 1. The van der Waals surface area contributed by atoms with Crippen LogP contribution in [0.15, 0.2) is 18.2 Å². The van der Waals surface area contributed by atoms with Gasteiger partial charge in [0.15, 0.2) is 0 Å². The Morgan fingerprint density at radius 2 is 2.05 bits per heavy atom. The van der Waals surface area contributed by atoms with Crippen molar-refractivity contribution in [3.63, 3.8) is 0 Å². The van der Waals surface area contributed by atoms with Crippen LogP contribution in [0.4, 0.5) is 0 Å². The van der Waals surface area contributed by atoms with Crippen molar-refractivity contribution in [2.75, 3.05) is 0 Å². The van der Waals surface area contributed by atoms with Crippen LogP contribution in [0.25, 0.3) is 11.1 Å². The lowest BCUT2D eigenvalue weighted by atomic mass is 10.0. The Hall–Kier alpha value is -1.32. The number of benzene rings is 1. The van der Waals surface area contributed by atoms with E-state index in [0.29, 0.717) is 6.54 Å². The molecule has 0 amide bonds. The summed E-state index contributed by atoms with van der Waals surface area (Å²) in [5.74, 6) is 0. The number of aryl methyl sites for hydroxylation is 2. The van der Waals surface area contributed by atoms with Crippen molar-refractivity contribution < 1.29 is 0 Å². The van der Waals surface area contributed by atoms with Crippen LogP contribution in [0.5, 0.6) is 0 Å². The maximum Gasteiger partial charge on any atom is 0.0674 e. The molecule has 0 atom stereocenters. The molecule has 0 aliphatic rings. The first kappa shape index (κ1) is 14.1. The predicted octanol–water partition coefficient (Wildman–Crippen LogP) is 3.69. The normalized spacial score (nSPS) is 11.0. The molecule has 102 valence electrons. The first-order chi connectivity index (χ1) is 9.08. The van der Waals surface area contributed by atoms with Crippen LogP contribution < -0.4 is 5.73 Å². The molecular weight excluding hydrogens is 258 g/mol. The first-order valence-electron chi connectivity index (χ1n) is 6.61. The van der Waals surface area contributed by atoms with Gasteiger partial charge in [-0.1, -0.05) is 30.7 Å².